The third kappa shape index (κ3) is 1.41. The maximum absolute atomic E-state index is 11.9. The topological polar surface area (TPSA) is 40.5 Å². The zero-order chi connectivity index (χ0) is 11.6. The van der Waals surface area contributed by atoms with E-state index < -0.39 is 0 Å². The van der Waals surface area contributed by atoms with Crippen LogP contribution in [0.1, 0.15) is 44.9 Å². The van der Waals surface area contributed by atoms with Gasteiger partial charge in [0.15, 0.2) is 0 Å². The lowest BCUT2D eigenvalue weighted by Gasteiger charge is -2.59. The molecule has 94 valence electrons. The van der Waals surface area contributed by atoms with Gasteiger partial charge in [-0.2, -0.15) is 0 Å². The van der Waals surface area contributed by atoms with Crippen LogP contribution in [0.25, 0.3) is 0 Å². The Balaban J connectivity index is 1.64. The summed E-state index contributed by atoms with van der Waals surface area (Å²) in [5.41, 5.74) is -0.365. The van der Waals surface area contributed by atoms with Crippen molar-refractivity contribution in [1.82, 2.24) is 4.90 Å². The summed E-state index contributed by atoms with van der Waals surface area (Å²) in [6.07, 6.45) is 7.25. The summed E-state index contributed by atoms with van der Waals surface area (Å²) in [4.78, 5) is 14.1. The fourth-order valence-corrected chi connectivity index (χ4v) is 5.45. The summed E-state index contributed by atoms with van der Waals surface area (Å²) in [5, 5.41) is 10.5. The van der Waals surface area contributed by atoms with Crippen LogP contribution in [0.4, 0.5) is 0 Å². The molecule has 1 heterocycles. The molecule has 1 aliphatic heterocycles. The van der Waals surface area contributed by atoms with Gasteiger partial charge in [0.1, 0.15) is 0 Å². The Bertz CT molecular complexity index is 351. The van der Waals surface area contributed by atoms with Crippen molar-refractivity contribution in [2.75, 3.05) is 6.54 Å². The van der Waals surface area contributed by atoms with Crippen LogP contribution >= 0.6 is 0 Å². The summed E-state index contributed by atoms with van der Waals surface area (Å²) in [7, 11) is 0. The molecule has 4 saturated carbocycles. The second-order valence-electron chi connectivity index (χ2n) is 6.88. The Morgan fingerprint density at radius 3 is 2.41 bits per heavy atom. The minimum absolute atomic E-state index is 0.365. The van der Waals surface area contributed by atoms with E-state index in [1.54, 1.807) is 0 Å². The van der Waals surface area contributed by atoms with Crippen LogP contribution in [0.2, 0.25) is 0 Å². The van der Waals surface area contributed by atoms with Crippen LogP contribution in [0, 0.1) is 17.8 Å². The maximum atomic E-state index is 11.9. The summed E-state index contributed by atoms with van der Waals surface area (Å²) in [5.74, 6) is 2.29. The predicted molar refractivity (Wildman–Crippen MR) is 63.2 cm³/mol. The minimum Gasteiger partial charge on any atom is -0.390 e. The van der Waals surface area contributed by atoms with Gasteiger partial charge in [-0.05, 0) is 56.3 Å². The van der Waals surface area contributed by atoms with E-state index in [0.717, 1.165) is 44.6 Å². The average molecular weight is 235 g/mol. The third-order valence-electron chi connectivity index (χ3n) is 5.66. The molecule has 0 aromatic heterocycles. The highest BCUT2D eigenvalue weighted by Gasteiger charge is 2.56. The average Bonchev–Trinajstić information content (AvgIpc) is 2.61. The molecule has 0 unspecified atom stereocenters. The van der Waals surface area contributed by atoms with Crippen molar-refractivity contribution in [2.24, 2.45) is 17.8 Å². The maximum Gasteiger partial charge on any atom is 0.222 e. The molecule has 1 N–H and O–H groups in total. The molecule has 0 aromatic rings. The van der Waals surface area contributed by atoms with Gasteiger partial charge in [-0.3, -0.25) is 4.79 Å². The van der Waals surface area contributed by atoms with Gasteiger partial charge in [-0.25, -0.2) is 0 Å². The molecule has 5 aliphatic rings. The van der Waals surface area contributed by atoms with Crippen LogP contribution in [0.5, 0.6) is 0 Å². The molecule has 0 radical (unpaired) electrons. The van der Waals surface area contributed by atoms with Crippen LogP contribution in [-0.4, -0.2) is 34.1 Å². The largest absolute Gasteiger partial charge is 0.390 e. The predicted octanol–water partition coefficient (Wildman–Crippen LogP) is 1.55. The smallest absolute Gasteiger partial charge is 0.222 e. The van der Waals surface area contributed by atoms with E-state index in [4.69, 9.17) is 0 Å². The molecule has 2 atom stereocenters. The van der Waals surface area contributed by atoms with Crippen molar-refractivity contribution >= 4 is 5.91 Å². The lowest BCUT2D eigenvalue weighted by Crippen LogP contribution is -2.61. The first-order valence-electron chi connectivity index (χ1n) is 7.16. The van der Waals surface area contributed by atoms with Crippen molar-refractivity contribution in [2.45, 2.75) is 56.6 Å². The van der Waals surface area contributed by atoms with E-state index >= 15 is 0 Å². The third-order valence-corrected chi connectivity index (χ3v) is 5.66. The summed E-state index contributed by atoms with van der Waals surface area (Å²) in [6.45, 7) is 0.972. The van der Waals surface area contributed by atoms with Crippen LogP contribution < -0.4 is 0 Å². The van der Waals surface area contributed by atoms with Gasteiger partial charge in [0.05, 0.1) is 5.60 Å². The number of nitrogens with zero attached hydrogens (tertiary/aromatic N) is 1. The zero-order valence-electron chi connectivity index (χ0n) is 10.3. The number of rotatable bonds is 1. The van der Waals surface area contributed by atoms with Gasteiger partial charge in [0, 0.05) is 19.0 Å². The molecule has 17 heavy (non-hydrogen) atoms. The molecule has 4 aliphatic carbocycles. The molecule has 3 heteroatoms. The molecule has 5 fully saturated rings. The van der Waals surface area contributed by atoms with Crippen molar-refractivity contribution in [3.63, 3.8) is 0 Å². The number of likely N-dealkylation sites (tertiary alicyclic amines) is 1. The number of aliphatic hydroxyl groups is 1. The molecule has 1 saturated heterocycles. The van der Waals surface area contributed by atoms with Gasteiger partial charge in [0.25, 0.3) is 0 Å². The van der Waals surface area contributed by atoms with Crippen molar-refractivity contribution in [1.29, 1.82) is 0 Å². The second-order valence-corrected chi connectivity index (χ2v) is 6.88. The van der Waals surface area contributed by atoms with Crippen molar-refractivity contribution in [3.8, 4) is 0 Å². The summed E-state index contributed by atoms with van der Waals surface area (Å²) < 4.78 is 0. The highest BCUT2D eigenvalue weighted by Crippen LogP contribution is 2.57. The van der Waals surface area contributed by atoms with Gasteiger partial charge < -0.3 is 10.0 Å². The van der Waals surface area contributed by atoms with E-state index in [1.807, 2.05) is 0 Å². The normalized spacial score (nSPS) is 52.5. The molecule has 0 aromatic carbocycles. The molecule has 1 amide bonds. The summed E-state index contributed by atoms with van der Waals surface area (Å²) in [6, 6.07) is 0.474. The summed E-state index contributed by atoms with van der Waals surface area (Å²) >= 11 is 0. The highest BCUT2D eigenvalue weighted by atomic mass is 16.3. The van der Waals surface area contributed by atoms with Crippen molar-refractivity contribution in [3.05, 3.63) is 0 Å². The number of amides is 1. The first kappa shape index (κ1) is 10.4. The molecule has 3 nitrogen and oxygen atoms in total. The minimum atomic E-state index is -0.365. The van der Waals surface area contributed by atoms with Gasteiger partial charge in [-0.1, -0.05) is 0 Å². The van der Waals surface area contributed by atoms with E-state index in [-0.39, 0.29) is 5.60 Å². The molecule has 5 rings (SSSR count). The Morgan fingerprint density at radius 1 is 1.18 bits per heavy atom. The molecule has 0 spiro atoms. The van der Waals surface area contributed by atoms with E-state index in [1.165, 1.54) is 12.8 Å². The Kier molecular flexibility index (Phi) is 1.98. The quantitative estimate of drug-likeness (QED) is 0.749. The number of carbonyl (C=O) groups is 1. The SMILES string of the molecule is O=C1CCCN1C1[C@H]2CC3C[C@H]1CC(O)(C3)C2. The Hall–Kier alpha value is -0.570. The number of hydrogen-bond donors (Lipinski definition) is 1. The molecular weight excluding hydrogens is 214 g/mol. The molecular formula is C14H21NO2. The van der Waals surface area contributed by atoms with Gasteiger partial charge in [-0.15, -0.1) is 0 Å². The monoisotopic (exact) mass is 235 g/mol. The zero-order valence-corrected chi connectivity index (χ0v) is 10.3. The van der Waals surface area contributed by atoms with Crippen LogP contribution in [0.15, 0.2) is 0 Å². The van der Waals surface area contributed by atoms with Crippen molar-refractivity contribution < 1.29 is 9.90 Å². The fourth-order valence-electron chi connectivity index (χ4n) is 5.45. The number of hydrogen-bond acceptors (Lipinski definition) is 2. The fraction of sp³-hybridized carbons (Fsp3) is 0.929. The Labute approximate surface area is 102 Å². The van der Waals surface area contributed by atoms with Gasteiger partial charge >= 0.3 is 0 Å². The van der Waals surface area contributed by atoms with Gasteiger partial charge in [0.2, 0.25) is 5.91 Å². The van der Waals surface area contributed by atoms with E-state index in [0.29, 0.717) is 23.8 Å². The van der Waals surface area contributed by atoms with E-state index in [9.17, 15) is 9.90 Å². The van der Waals surface area contributed by atoms with Crippen LogP contribution in [-0.2, 0) is 4.79 Å². The standard InChI is InChI=1S/C14H21NO2/c16-12-2-1-3-15(12)13-10-4-9-5-11(13)8-14(17,6-9)7-10/h9-11,13,17H,1-8H2/t9?,10-,11-,13?,14?/m0/s1. The van der Waals surface area contributed by atoms with E-state index in [2.05, 4.69) is 4.90 Å². The van der Waals surface area contributed by atoms with Crippen LogP contribution in [0.3, 0.4) is 0 Å². The lowest BCUT2D eigenvalue weighted by atomic mass is 9.52. The molecule has 4 bridgehead atoms. The lowest BCUT2D eigenvalue weighted by molar-refractivity contribution is -0.166. The first-order chi connectivity index (χ1) is 8.15. The first-order valence-corrected chi connectivity index (χ1v) is 7.16. The number of carbonyl (C=O) groups excluding carboxylic acids is 1. The second kappa shape index (κ2) is 3.25. The Morgan fingerprint density at radius 2 is 1.88 bits per heavy atom. The highest BCUT2D eigenvalue weighted by molar-refractivity contribution is 5.78.